The summed E-state index contributed by atoms with van der Waals surface area (Å²) in [6.45, 7) is 2.10. The monoisotopic (exact) mass is 410 g/mol. The maximum atomic E-state index is 12.0. The predicted octanol–water partition coefficient (Wildman–Crippen LogP) is 4.46. The van der Waals surface area contributed by atoms with Gasteiger partial charge in [0.1, 0.15) is 5.75 Å². The lowest BCUT2D eigenvalue weighted by Crippen LogP contribution is -2.21. The zero-order valence-electron chi connectivity index (χ0n) is 16.1. The van der Waals surface area contributed by atoms with E-state index in [2.05, 4.69) is 10.3 Å². The smallest absolute Gasteiger partial charge is 0.306 e. The summed E-state index contributed by atoms with van der Waals surface area (Å²) in [4.78, 5) is 28.1. The molecule has 150 valence electrons. The molecule has 0 saturated heterocycles. The number of hydrogen-bond donors (Lipinski definition) is 1. The standard InChI is InChI=1S/C22H22N2O4S/c1-16-9-11-17(12-10-16)19-15-29-22(23-19)24-20(25)14-28-21(26)8-5-13-27-18-6-3-2-4-7-18/h2-4,6-7,9-12,15H,5,8,13-14H2,1H3,(H,23,24,25). The number of anilines is 1. The summed E-state index contributed by atoms with van der Waals surface area (Å²) in [6, 6.07) is 17.4. The minimum Gasteiger partial charge on any atom is -0.494 e. The van der Waals surface area contributed by atoms with E-state index in [1.807, 2.05) is 66.9 Å². The van der Waals surface area contributed by atoms with E-state index in [-0.39, 0.29) is 13.0 Å². The van der Waals surface area contributed by atoms with Gasteiger partial charge in [-0.05, 0) is 25.5 Å². The minimum atomic E-state index is -0.434. The van der Waals surface area contributed by atoms with E-state index >= 15 is 0 Å². The SMILES string of the molecule is Cc1ccc(-c2csc(NC(=O)COC(=O)CCCOc3ccccc3)n2)cc1. The Morgan fingerprint density at radius 1 is 1.07 bits per heavy atom. The molecule has 7 heteroatoms. The van der Waals surface area contributed by atoms with Crippen molar-refractivity contribution in [3.05, 3.63) is 65.5 Å². The Morgan fingerprint density at radius 3 is 2.59 bits per heavy atom. The normalized spacial score (nSPS) is 10.4. The van der Waals surface area contributed by atoms with Crippen molar-refractivity contribution >= 4 is 28.3 Å². The summed E-state index contributed by atoms with van der Waals surface area (Å²) in [6.07, 6.45) is 0.705. The van der Waals surface area contributed by atoms with Gasteiger partial charge < -0.3 is 9.47 Å². The number of rotatable bonds is 9. The first-order valence-electron chi connectivity index (χ1n) is 9.26. The summed E-state index contributed by atoms with van der Waals surface area (Å²) < 4.78 is 10.5. The van der Waals surface area contributed by atoms with Crippen LogP contribution in [-0.4, -0.2) is 30.1 Å². The molecule has 1 aromatic heterocycles. The van der Waals surface area contributed by atoms with E-state index in [1.54, 1.807) is 0 Å². The molecule has 0 saturated carbocycles. The first-order valence-corrected chi connectivity index (χ1v) is 10.1. The van der Waals surface area contributed by atoms with E-state index in [0.29, 0.717) is 18.2 Å². The van der Waals surface area contributed by atoms with Crippen molar-refractivity contribution in [1.82, 2.24) is 4.98 Å². The molecule has 1 amide bonds. The Kier molecular flexibility index (Phi) is 7.35. The van der Waals surface area contributed by atoms with E-state index in [0.717, 1.165) is 17.0 Å². The van der Waals surface area contributed by atoms with Crippen LogP contribution in [0.25, 0.3) is 11.3 Å². The Labute approximate surface area is 173 Å². The van der Waals surface area contributed by atoms with Crippen LogP contribution >= 0.6 is 11.3 Å². The number of carbonyl (C=O) groups is 2. The van der Waals surface area contributed by atoms with Crippen LogP contribution in [0.3, 0.4) is 0 Å². The van der Waals surface area contributed by atoms with Gasteiger partial charge in [-0.15, -0.1) is 11.3 Å². The number of benzene rings is 2. The summed E-state index contributed by atoms with van der Waals surface area (Å²) in [7, 11) is 0. The molecule has 2 aromatic carbocycles. The molecule has 29 heavy (non-hydrogen) atoms. The molecule has 1 heterocycles. The number of para-hydroxylation sites is 1. The molecule has 0 aliphatic carbocycles. The average molecular weight is 410 g/mol. The second-order valence-electron chi connectivity index (χ2n) is 6.38. The fourth-order valence-electron chi connectivity index (χ4n) is 2.48. The summed E-state index contributed by atoms with van der Waals surface area (Å²) in [5.41, 5.74) is 2.95. The molecule has 0 bridgehead atoms. The number of aryl methyl sites for hydroxylation is 1. The van der Waals surface area contributed by atoms with Crippen LogP contribution in [0.1, 0.15) is 18.4 Å². The van der Waals surface area contributed by atoms with Gasteiger partial charge in [0.2, 0.25) is 0 Å². The van der Waals surface area contributed by atoms with Crippen molar-refractivity contribution in [3.8, 4) is 17.0 Å². The van der Waals surface area contributed by atoms with Gasteiger partial charge >= 0.3 is 5.97 Å². The summed E-state index contributed by atoms with van der Waals surface area (Å²) in [5.74, 6) is -0.0892. The quantitative estimate of drug-likeness (QED) is 0.416. The highest BCUT2D eigenvalue weighted by atomic mass is 32.1. The second-order valence-corrected chi connectivity index (χ2v) is 7.24. The van der Waals surface area contributed by atoms with E-state index in [9.17, 15) is 9.59 Å². The van der Waals surface area contributed by atoms with Gasteiger partial charge in [-0.2, -0.15) is 0 Å². The van der Waals surface area contributed by atoms with Crippen molar-refractivity contribution in [2.75, 3.05) is 18.5 Å². The number of aromatic nitrogens is 1. The van der Waals surface area contributed by atoms with Crippen molar-refractivity contribution < 1.29 is 19.1 Å². The van der Waals surface area contributed by atoms with Gasteiger partial charge in [0.15, 0.2) is 11.7 Å². The zero-order valence-corrected chi connectivity index (χ0v) is 16.9. The van der Waals surface area contributed by atoms with E-state index in [1.165, 1.54) is 16.9 Å². The van der Waals surface area contributed by atoms with Crippen molar-refractivity contribution in [1.29, 1.82) is 0 Å². The van der Waals surface area contributed by atoms with E-state index < -0.39 is 11.9 Å². The van der Waals surface area contributed by atoms with Crippen molar-refractivity contribution in [3.63, 3.8) is 0 Å². The van der Waals surface area contributed by atoms with Crippen LogP contribution in [0.15, 0.2) is 60.0 Å². The maximum Gasteiger partial charge on any atom is 0.306 e. The lowest BCUT2D eigenvalue weighted by atomic mass is 10.1. The van der Waals surface area contributed by atoms with Gasteiger partial charge in [0.05, 0.1) is 12.3 Å². The molecule has 0 aliphatic heterocycles. The third kappa shape index (κ3) is 6.73. The molecule has 0 fully saturated rings. The number of amides is 1. The predicted molar refractivity (Wildman–Crippen MR) is 113 cm³/mol. The maximum absolute atomic E-state index is 12.0. The first kappa shape index (κ1) is 20.5. The fraction of sp³-hybridized carbons (Fsp3) is 0.227. The highest BCUT2D eigenvalue weighted by Gasteiger charge is 2.11. The lowest BCUT2D eigenvalue weighted by molar-refractivity contribution is -0.147. The highest BCUT2D eigenvalue weighted by molar-refractivity contribution is 7.14. The molecule has 1 N–H and O–H groups in total. The number of carbonyl (C=O) groups excluding carboxylic acids is 2. The number of ether oxygens (including phenoxy) is 2. The molecule has 0 atom stereocenters. The van der Waals surface area contributed by atoms with Gasteiger partial charge in [-0.3, -0.25) is 14.9 Å². The minimum absolute atomic E-state index is 0.189. The molecule has 0 unspecified atom stereocenters. The molecule has 0 radical (unpaired) electrons. The number of nitrogens with one attached hydrogen (secondary N) is 1. The highest BCUT2D eigenvalue weighted by Crippen LogP contribution is 2.25. The van der Waals surface area contributed by atoms with Crippen LogP contribution in [0.4, 0.5) is 5.13 Å². The number of esters is 1. The third-order valence-electron chi connectivity index (χ3n) is 4.00. The van der Waals surface area contributed by atoms with Crippen LogP contribution in [0, 0.1) is 6.92 Å². The molecular weight excluding hydrogens is 388 g/mol. The van der Waals surface area contributed by atoms with Crippen LogP contribution in [0.5, 0.6) is 5.75 Å². The van der Waals surface area contributed by atoms with Gasteiger partial charge in [0, 0.05) is 17.4 Å². The topological polar surface area (TPSA) is 77.5 Å². The lowest BCUT2D eigenvalue weighted by Gasteiger charge is -2.06. The fourth-order valence-corrected chi connectivity index (χ4v) is 3.22. The molecule has 0 spiro atoms. The summed E-state index contributed by atoms with van der Waals surface area (Å²) in [5, 5.41) is 5.00. The first-order chi connectivity index (χ1) is 14.1. The molecule has 0 aliphatic rings. The van der Waals surface area contributed by atoms with Gasteiger partial charge in [0.25, 0.3) is 5.91 Å². The zero-order chi connectivity index (χ0) is 20.5. The van der Waals surface area contributed by atoms with Crippen LogP contribution in [-0.2, 0) is 14.3 Å². The number of hydrogen-bond acceptors (Lipinski definition) is 6. The second kappa shape index (κ2) is 10.4. The Morgan fingerprint density at radius 2 is 1.83 bits per heavy atom. The van der Waals surface area contributed by atoms with Crippen LogP contribution in [0.2, 0.25) is 0 Å². The van der Waals surface area contributed by atoms with Crippen LogP contribution < -0.4 is 10.1 Å². The van der Waals surface area contributed by atoms with Crippen molar-refractivity contribution in [2.24, 2.45) is 0 Å². The molecule has 3 aromatic rings. The molecular formula is C22H22N2O4S. The Balaban J connectivity index is 1.35. The average Bonchev–Trinajstić information content (AvgIpc) is 3.19. The summed E-state index contributed by atoms with van der Waals surface area (Å²) >= 11 is 1.33. The Hall–Kier alpha value is -3.19. The van der Waals surface area contributed by atoms with E-state index in [4.69, 9.17) is 9.47 Å². The number of thiazole rings is 1. The van der Waals surface area contributed by atoms with Gasteiger partial charge in [-0.1, -0.05) is 48.0 Å². The largest absolute Gasteiger partial charge is 0.494 e. The van der Waals surface area contributed by atoms with Crippen molar-refractivity contribution in [2.45, 2.75) is 19.8 Å². The van der Waals surface area contributed by atoms with Gasteiger partial charge in [-0.25, -0.2) is 4.98 Å². The third-order valence-corrected chi connectivity index (χ3v) is 4.76. The Bertz CT molecular complexity index is 939. The molecule has 6 nitrogen and oxygen atoms in total. The number of nitrogens with zero attached hydrogens (tertiary/aromatic N) is 1. The molecule has 3 rings (SSSR count).